The van der Waals surface area contributed by atoms with Crippen LogP contribution in [0.15, 0.2) is 40.0 Å². The lowest BCUT2D eigenvalue weighted by Gasteiger charge is -2.30. The molecule has 10 heteroatoms. The van der Waals surface area contributed by atoms with E-state index in [1.807, 2.05) is 20.8 Å². The number of sulfonamides is 1. The molecule has 31 heavy (non-hydrogen) atoms. The summed E-state index contributed by atoms with van der Waals surface area (Å²) in [5.74, 6) is 1.30. The predicted octanol–water partition coefficient (Wildman–Crippen LogP) is 3.11. The number of benzene rings is 1. The van der Waals surface area contributed by atoms with E-state index in [9.17, 15) is 8.42 Å². The minimum absolute atomic E-state index is 0.168. The van der Waals surface area contributed by atoms with Crippen LogP contribution in [0.5, 0.6) is 5.75 Å². The maximum Gasteiger partial charge on any atom is 0.251 e. The molecule has 0 N–H and O–H groups in total. The quantitative estimate of drug-likeness (QED) is 0.571. The van der Waals surface area contributed by atoms with Gasteiger partial charge >= 0.3 is 0 Å². The number of ether oxygens (including phenoxy) is 1. The Morgan fingerprint density at radius 2 is 2.10 bits per heavy atom. The van der Waals surface area contributed by atoms with Gasteiger partial charge in [0.1, 0.15) is 12.1 Å². The van der Waals surface area contributed by atoms with Crippen LogP contribution in [-0.4, -0.2) is 52.6 Å². The summed E-state index contributed by atoms with van der Waals surface area (Å²) in [6.45, 7) is 6.86. The molecule has 1 aromatic carbocycles. The third-order valence-electron chi connectivity index (χ3n) is 5.40. The molecule has 3 aromatic rings. The van der Waals surface area contributed by atoms with Gasteiger partial charge in [0, 0.05) is 19.3 Å². The molecule has 2 aromatic heterocycles. The fourth-order valence-electron chi connectivity index (χ4n) is 3.72. The van der Waals surface area contributed by atoms with E-state index in [1.165, 1.54) is 10.6 Å². The zero-order valence-electron chi connectivity index (χ0n) is 17.8. The van der Waals surface area contributed by atoms with E-state index in [2.05, 4.69) is 20.2 Å². The topological polar surface area (TPSA) is 111 Å². The lowest BCUT2D eigenvalue weighted by atomic mass is 10.00. The van der Waals surface area contributed by atoms with Crippen molar-refractivity contribution >= 4 is 10.0 Å². The normalized spacial score (nSPS) is 17.6. The Bertz CT molecular complexity index is 1180. The molecule has 1 saturated heterocycles. The van der Waals surface area contributed by atoms with E-state index in [0.717, 1.165) is 17.7 Å². The van der Waals surface area contributed by atoms with Gasteiger partial charge in [-0.3, -0.25) is 0 Å². The Kier molecular flexibility index (Phi) is 6.01. The van der Waals surface area contributed by atoms with Crippen molar-refractivity contribution in [1.29, 1.82) is 0 Å². The minimum atomic E-state index is -3.64. The third kappa shape index (κ3) is 4.31. The first-order valence-corrected chi connectivity index (χ1v) is 11.7. The number of rotatable bonds is 6. The number of piperidine rings is 1. The van der Waals surface area contributed by atoms with Gasteiger partial charge in [0.25, 0.3) is 5.89 Å². The van der Waals surface area contributed by atoms with Crippen molar-refractivity contribution in [3.8, 4) is 17.2 Å². The molecule has 1 aliphatic heterocycles. The highest BCUT2D eigenvalue weighted by molar-refractivity contribution is 7.89. The third-order valence-corrected chi connectivity index (χ3v) is 7.26. The Balaban J connectivity index is 1.55. The van der Waals surface area contributed by atoms with Gasteiger partial charge in [-0.2, -0.15) is 4.31 Å². The van der Waals surface area contributed by atoms with Crippen LogP contribution >= 0.6 is 0 Å². The highest BCUT2D eigenvalue weighted by Gasteiger charge is 2.33. The van der Waals surface area contributed by atoms with Gasteiger partial charge in [0.15, 0.2) is 0 Å². The second-order valence-corrected chi connectivity index (χ2v) is 9.47. The summed E-state index contributed by atoms with van der Waals surface area (Å²) < 4.78 is 39.4. The van der Waals surface area contributed by atoms with Crippen LogP contribution in [0.4, 0.5) is 0 Å². The molecular formula is C21H25N5O4S. The Morgan fingerprint density at radius 3 is 2.84 bits per heavy atom. The lowest BCUT2D eigenvalue weighted by molar-refractivity contribution is 0.286. The first-order chi connectivity index (χ1) is 14.9. The van der Waals surface area contributed by atoms with E-state index in [-0.39, 0.29) is 10.8 Å². The summed E-state index contributed by atoms with van der Waals surface area (Å²) in [5, 5.41) is 8.31. The Labute approximate surface area is 181 Å². The van der Waals surface area contributed by atoms with Crippen LogP contribution in [0.3, 0.4) is 0 Å². The van der Waals surface area contributed by atoms with Crippen molar-refractivity contribution in [3.63, 3.8) is 0 Å². The molecular weight excluding hydrogens is 418 g/mol. The maximum absolute atomic E-state index is 13.3. The summed E-state index contributed by atoms with van der Waals surface area (Å²) >= 11 is 0. The minimum Gasteiger partial charge on any atom is -0.494 e. The van der Waals surface area contributed by atoms with Gasteiger partial charge in [-0.15, -0.1) is 10.2 Å². The molecule has 1 atom stereocenters. The lowest BCUT2D eigenvalue weighted by Crippen LogP contribution is -2.39. The largest absolute Gasteiger partial charge is 0.494 e. The van der Waals surface area contributed by atoms with Gasteiger partial charge in [-0.1, -0.05) is 0 Å². The number of hydrogen-bond acceptors (Lipinski definition) is 8. The van der Waals surface area contributed by atoms with Crippen molar-refractivity contribution in [1.82, 2.24) is 24.5 Å². The first-order valence-electron chi connectivity index (χ1n) is 10.2. The average Bonchev–Trinajstić information content (AvgIpc) is 3.26. The van der Waals surface area contributed by atoms with E-state index in [1.54, 1.807) is 24.4 Å². The fourth-order valence-corrected chi connectivity index (χ4v) is 5.33. The highest BCUT2D eigenvalue weighted by atomic mass is 32.2. The molecule has 1 aliphatic rings. The summed E-state index contributed by atoms with van der Waals surface area (Å²) in [4.78, 5) is 8.42. The fraction of sp³-hybridized carbons (Fsp3) is 0.429. The molecule has 9 nitrogen and oxygen atoms in total. The van der Waals surface area contributed by atoms with Crippen molar-refractivity contribution in [3.05, 3.63) is 47.9 Å². The van der Waals surface area contributed by atoms with Gasteiger partial charge < -0.3 is 9.15 Å². The van der Waals surface area contributed by atoms with Gasteiger partial charge in [0.05, 0.1) is 28.7 Å². The standard InChI is InChI=1S/C21H25N5O4S/c1-4-29-19-8-7-17(10-14(19)2)31(27,28)26-9-5-6-16(12-26)20-24-25-21(30-20)18-11-22-13-23-15(18)3/h7-8,10-11,13,16H,4-6,9,12H2,1-3H3/t16-/m0/s1. The number of aromatic nitrogens is 4. The van der Waals surface area contributed by atoms with Crippen LogP contribution in [0.2, 0.25) is 0 Å². The average molecular weight is 444 g/mol. The number of nitrogens with zero attached hydrogens (tertiary/aromatic N) is 5. The number of aryl methyl sites for hydroxylation is 2. The van der Waals surface area contributed by atoms with Gasteiger partial charge in [-0.05, 0) is 57.4 Å². The Morgan fingerprint density at radius 1 is 1.26 bits per heavy atom. The molecule has 0 aliphatic carbocycles. The van der Waals surface area contributed by atoms with Crippen LogP contribution in [0.1, 0.15) is 42.8 Å². The van der Waals surface area contributed by atoms with Crippen LogP contribution < -0.4 is 4.74 Å². The van der Waals surface area contributed by atoms with Crippen molar-refractivity contribution < 1.29 is 17.6 Å². The van der Waals surface area contributed by atoms with Gasteiger partial charge in [0.2, 0.25) is 15.9 Å². The molecule has 0 radical (unpaired) electrons. The smallest absolute Gasteiger partial charge is 0.251 e. The molecule has 4 rings (SSSR count). The van der Waals surface area contributed by atoms with Gasteiger partial charge in [-0.25, -0.2) is 18.4 Å². The van der Waals surface area contributed by atoms with E-state index in [4.69, 9.17) is 9.15 Å². The molecule has 0 amide bonds. The van der Waals surface area contributed by atoms with Crippen LogP contribution in [-0.2, 0) is 10.0 Å². The maximum atomic E-state index is 13.3. The molecule has 3 heterocycles. The van der Waals surface area contributed by atoms with E-state index < -0.39 is 10.0 Å². The number of hydrogen-bond donors (Lipinski definition) is 0. The predicted molar refractivity (Wildman–Crippen MR) is 113 cm³/mol. The molecule has 0 saturated carbocycles. The van der Waals surface area contributed by atoms with Crippen molar-refractivity contribution in [2.75, 3.05) is 19.7 Å². The summed E-state index contributed by atoms with van der Waals surface area (Å²) in [6, 6.07) is 4.97. The zero-order chi connectivity index (χ0) is 22.0. The second-order valence-electron chi connectivity index (χ2n) is 7.53. The molecule has 0 unspecified atom stereocenters. The van der Waals surface area contributed by atoms with Crippen molar-refractivity contribution in [2.24, 2.45) is 0 Å². The van der Waals surface area contributed by atoms with E-state index >= 15 is 0 Å². The summed E-state index contributed by atoms with van der Waals surface area (Å²) in [6.07, 6.45) is 4.58. The second kappa shape index (κ2) is 8.72. The molecule has 164 valence electrons. The summed E-state index contributed by atoms with van der Waals surface area (Å²) in [7, 11) is -3.64. The first kappa shape index (κ1) is 21.4. The zero-order valence-corrected chi connectivity index (χ0v) is 18.6. The highest BCUT2D eigenvalue weighted by Crippen LogP contribution is 2.32. The van der Waals surface area contributed by atoms with E-state index in [0.29, 0.717) is 49.2 Å². The SMILES string of the molecule is CCOc1ccc(S(=O)(=O)N2CCC[C@H](c3nnc(-c4cncnc4C)o3)C2)cc1C. The molecule has 0 bridgehead atoms. The monoisotopic (exact) mass is 443 g/mol. The van der Waals surface area contributed by atoms with Crippen LogP contribution in [0, 0.1) is 13.8 Å². The Hall–Kier alpha value is -2.85. The van der Waals surface area contributed by atoms with Crippen molar-refractivity contribution in [2.45, 2.75) is 44.4 Å². The summed E-state index contributed by atoms with van der Waals surface area (Å²) in [5.41, 5.74) is 2.20. The van der Waals surface area contributed by atoms with Crippen LogP contribution in [0.25, 0.3) is 11.5 Å². The molecule has 1 fully saturated rings. The molecule has 0 spiro atoms.